The van der Waals surface area contributed by atoms with Crippen LogP contribution in [0.5, 0.6) is 0 Å². The number of hydrogen-bond donors (Lipinski definition) is 2. The van der Waals surface area contributed by atoms with Crippen molar-refractivity contribution < 1.29 is 0 Å². The SMILES string of the molecule is Clc1nc(Nc2c(Br)cc(Br)cc2Br)nc(Nc2c(Br)cc(Br)cc2Br)n1. The predicted molar refractivity (Wildman–Crippen MR) is 130 cm³/mol. The molecular weight excluding hydrogens is 765 g/mol. The number of benzene rings is 2. The van der Waals surface area contributed by atoms with E-state index in [0.29, 0.717) is 11.9 Å². The fraction of sp³-hybridized carbons (Fsp3) is 0. The summed E-state index contributed by atoms with van der Waals surface area (Å²) in [5, 5.41) is 6.34. The van der Waals surface area contributed by atoms with Gasteiger partial charge in [-0.2, -0.15) is 15.0 Å². The van der Waals surface area contributed by atoms with Gasteiger partial charge in [0.1, 0.15) is 0 Å². The molecule has 2 N–H and O–H groups in total. The normalized spacial score (nSPS) is 10.8. The molecule has 3 rings (SSSR count). The molecule has 2 aromatic carbocycles. The van der Waals surface area contributed by atoms with Crippen LogP contribution < -0.4 is 10.6 Å². The second kappa shape index (κ2) is 9.36. The molecule has 0 aliphatic carbocycles. The van der Waals surface area contributed by atoms with Crippen molar-refractivity contribution in [3.63, 3.8) is 0 Å². The molecule has 3 aromatic rings. The first-order chi connectivity index (χ1) is 12.7. The monoisotopic (exact) mass is 765 g/mol. The van der Waals surface area contributed by atoms with Gasteiger partial charge in [-0.1, -0.05) is 31.9 Å². The molecule has 0 atom stereocenters. The maximum Gasteiger partial charge on any atom is 0.233 e. The van der Waals surface area contributed by atoms with Crippen LogP contribution in [-0.2, 0) is 0 Å². The second-order valence-electron chi connectivity index (χ2n) is 4.99. The van der Waals surface area contributed by atoms with Crippen molar-refractivity contribution in [2.75, 3.05) is 10.6 Å². The van der Waals surface area contributed by atoms with E-state index in [2.05, 4.69) is 121 Å². The summed E-state index contributed by atoms with van der Waals surface area (Å²) in [6.07, 6.45) is 0. The van der Waals surface area contributed by atoms with Gasteiger partial charge in [0.25, 0.3) is 0 Å². The molecule has 0 radical (unpaired) electrons. The van der Waals surface area contributed by atoms with Crippen molar-refractivity contribution in [1.82, 2.24) is 15.0 Å². The molecule has 5 nitrogen and oxygen atoms in total. The molecule has 1 heterocycles. The summed E-state index contributed by atoms with van der Waals surface area (Å²) in [7, 11) is 0. The number of hydrogen-bond acceptors (Lipinski definition) is 5. The fourth-order valence-corrected chi connectivity index (χ4v) is 7.08. The number of halogens is 7. The Kier molecular flexibility index (Phi) is 7.59. The Morgan fingerprint density at radius 2 is 0.926 bits per heavy atom. The first-order valence-electron chi connectivity index (χ1n) is 6.97. The molecule has 0 spiro atoms. The van der Waals surface area contributed by atoms with E-state index >= 15 is 0 Å². The summed E-state index contributed by atoms with van der Waals surface area (Å²) >= 11 is 27.0. The zero-order valence-electron chi connectivity index (χ0n) is 12.8. The van der Waals surface area contributed by atoms with E-state index in [1.807, 2.05) is 24.3 Å². The van der Waals surface area contributed by atoms with Crippen LogP contribution in [0.1, 0.15) is 0 Å². The maximum absolute atomic E-state index is 6.09. The standard InChI is InChI=1S/C15H6Br6ClN5/c16-5-1-7(18)11(8(19)2-5)23-14-25-13(22)26-15(27-14)24-12-9(20)3-6(17)4-10(12)21/h1-4H,(H2,23,24,25,26,27). The van der Waals surface area contributed by atoms with Crippen LogP contribution >= 0.6 is 107 Å². The first kappa shape index (κ1) is 21.9. The summed E-state index contributed by atoms with van der Waals surface area (Å²) < 4.78 is 5.16. The van der Waals surface area contributed by atoms with Crippen molar-refractivity contribution in [3.05, 3.63) is 56.4 Å². The average molecular weight is 771 g/mol. The third-order valence-corrected chi connectivity index (χ3v) is 6.68. The lowest BCUT2D eigenvalue weighted by Gasteiger charge is -2.13. The fourth-order valence-electron chi connectivity index (χ4n) is 2.01. The summed E-state index contributed by atoms with van der Waals surface area (Å²) in [5.41, 5.74) is 1.52. The number of rotatable bonds is 4. The zero-order valence-corrected chi connectivity index (χ0v) is 23.1. The minimum atomic E-state index is 0.0590. The highest BCUT2D eigenvalue weighted by Gasteiger charge is 2.13. The predicted octanol–water partition coefficient (Wildman–Crippen LogP) is 8.59. The molecule has 0 aliphatic heterocycles. The third-order valence-electron chi connectivity index (χ3n) is 3.10. The van der Waals surface area contributed by atoms with Crippen LogP contribution in [0.15, 0.2) is 51.1 Å². The van der Waals surface area contributed by atoms with Gasteiger partial charge in [-0.05, 0) is 99.6 Å². The summed E-state index contributed by atoms with van der Waals surface area (Å²) in [4.78, 5) is 12.7. The largest absolute Gasteiger partial charge is 0.322 e. The van der Waals surface area contributed by atoms with Crippen LogP contribution in [-0.4, -0.2) is 15.0 Å². The molecule has 0 saturated carbocycles. The maximum atomic E-state index is 6.09. The van der Waals surface area contributed by atoms with E-state index in [1.54, 1.807) is 0 Å². The Bertz CT molecular complexity index is 908. The number of anilines is 4. The van der Waals surface area contributed by atoms with Crippen LogP contribution in [0.25, 0.3) is 0 Å². The Balaban J connectivity index is 1.94. The van der Waals surface area contributed by atoms with Gasteiger partial charge >= 0.3 is 0 Å². The van der Waals surface area contributed by atoms with Crippen molar-refractivity contribution in [2.45, 2.75) is 0 Å². The van der Waals surface area contributed by atoms with Crippen LogP contribution in [0.4, 0.5) is 23.3 Å². The van der Waals surface area contributed by atoms with Crippen molar-refractivity contribution >= 4 is 130 Å². The minimum absolute atomic E-state index is 0.0590. The van der Waals surface area contributed by atoms with Crippen LogP contribution in [0.3, 0.4) is 0 Å². The van der Waals surface area contributed by atoms with Crippen molar-refractivity contribution in [3.8, 4) is 0 Å². The Morgan fingerprint density at radius 3 is 1.26 bits per heavy atom. The van der Waals surface area contributed by atoms with Crippen molar-refractivity contribution in [2.24, 2.45) is 0 Å². The molecule has 0 fully saturated rings. The van der Waals surface area contributed by atoms with Gasteiger partial charge in [-0.3, -0.25) is 0 Å². The molecule has 1 aromatic heterocycles. The number of nitrogens with one attached hydrogen (secondary N) is 2. The quantitative estimate of drug-likeness (QED) is 0.279. The van der Waals surface area contributed by atoms with Gasteiger partial charge in [0, 0.05) is 26.8 Å². The number of aromatic nitrogens is 3. The summed E-state index contributed by atoms with van der Waals surface area (Å²) in [6.45, 7) is 0. The Morgan fingerprint density at radius 1 is 0.593 bits per heavy atom. The lowest BCUT2D eigenvalue weighted by molar-refractivity contribution is 1.06. The lowest BCUT2D eigenvalue weighted by Crippen LogP contribution is -2.05. The Labute approximate surface area is 210 Å². The molecule has 12 heteroatoms. The van der Waals surface area contributed by atoms with Gasteiger partial charge < -0.3 is 10.6 Å². The van der Waals surface area contributed by atoms with E-state index in [9.17, 15) is 0 Å². The molecule has 0 amide bonds. The third kappa shape index (κ3) is 5.64. The highest BCUT2D eigenvalue weighted by Crippen LogP contribution is 2.37. The lowest BCUT2D eigenvalue weighted by atomic mass is 10.3. The van der Waals surface area contributed by atoms with Gasteiger partial charge in [0.15, 0.2) is 0 Å². The average Bonchev–Trinajstić information content (AvgIpc) is 2.54. The molecule has 0 unspecified atom stereocenters. The minimum Gasteiger partial charge on any atom is -0.322 e. The molecule has 0 saturated heterocycles. The van der Waals surface area contributed by atoms with Gasteiger partial charge in [-0.15, -0.1) is 0 Å². The van der Waals surface area contributed by atoms with Gasteiger partial charge in [0.2, 0.25) is 17.2 Å². The molecule has 0 aliphatic rings. The van der Waals surface area contributed by atoms with E-state index in [-0.39, 0.29) is 5.28 Å². The van der Waals surface area contributed by atoms with E-state index < -0.39 is 0 Å². The topological polar surface area (TPSA) is 62.7 Å². The molecule has 27 heavy (non-hydrogen) atoms. The summed E-state index contributed by atoms with van der Waals surface area (Å²) in [5.74, 6) is 0.594. The van der Waals surface area contributed by atoms with Crippen LogP contribution in [0, 0.1) is 0 Å². The molecular formula is C15H6Br6ClN5. The highest BCUT2D eigenvalue weighted by molar-refractivity contribution is 9.12. The van der Waals surface area contributed by atoms with E-state index in [4.69, 9.17) is 11.6 Å². The van der Waals surface area contributed by atoms with Gasteiger partial charge in [0.05, 0.1) is 11.4 Å². The Hall–Kier alpha value is 0.220. The van der Waals surface area contributed by atoms with E-state index in [1.165, 1.54) is 0 Å². The number of nitrogens with zero attached hydrogens (tertiary/aromatic N) is 3. The summed E-state index contributed by atoms with van der Waals surface area (Å²) in [6, 6.07) is 7.63. The molecule has 0 bridgehead atoms. The zero-order chi connectivity index (χ0) is 19.7. The van der Waals surface area contributed by atoms with Crippen LogP contribution in [0.2, 0.25) is 5.28 Å². The van der Waals surface area contributed by atoms with Gasteiger partial charge in [-0.25, -0.2) is 0 Å². The first-order valence-corrected chi connectivity index (χ1v) is 12.1. The second-order valence-corrected chi connectivity index (χ2v) is 10.6. The highest BCUT2D eigenvalue weighted by atomic mass is 79.9. The van der Waals surface area contributed by atoms with Crippen molar-refractivity contribution in [1.29, 1.82) is 0 Å². The van der Waals surface area contributed by atoms with E-state index in [0.717, 1.165) is 38.2 Å². The molecule has 140 valence electrons. The smallest absolute Gasteiger partial charge is 0.233 e.